The molecular formula is C26H33F2N6O4S-. The number of anilines is 1. The van der Waals surface area contributed by atoms with Crippen LogP contribution in [0.15, 0.2) is 30.6 Å². The van der Waals surface area contributed by atoms with Crippen LogP contribution in [0.5, 0.6) is 0 Å². The molecule has 39 heavy (non-hydrogen) atoms. The molecule has 0 saturated carbocycles. The van der Waals surface area contributed by atoms with Crippen LogP contribution in [0.3, 0.4) is 0 Å². The lowest BCUT2D eigenvalue weighted by molar-refractivity contribution is 0.0508. The molecule has 1 aliphatic heterocycles. The quantitative estimate of drug-likeness (QED) is 0.389. The van der Waals surface area contributed by atoms with Crippen molar-refractivity contribution in [2.75, 3.05) is 24.7 Å². The molecule has 3 N–H and O–H groups in total. The number of aromatic nitrogens is 3. The number of halogens is 2. The van der Waals surface area contributed by atoms with Crippen LogP contribution < -0.4 is 16.0 Å². The first-order chi connectivity index (χ1) is 18.3. The van der Waals surface area contributed by atoms with Gasteiger partial charge in [0.15, 0.2) is 5.82 Å². The molecule has 10 nitrogen and oxygen atoms in total. The first-order valence-corrected chi connectivity index (χ1v) is 13.9. The number of carbonyl (C=O) groups is 1. The van der Waals surface area contributed by atoms with Crippen LogP contribution >= 0.6 is 0 Å². The van der Waals surface area contributed by atoms with Crippen molar-refractivity contribution in [1.82, 2.24) is 25.6 Å². The third-order valence-electron chi connectivity index (χ3n) is 5.72. The predicted molar refractivity (Wildman–Crippen MR) is 145 cm³/mol. The molecule has 0 radical (unpaired) electrons. The van der Waals surface area contributed by atoms with Gasteiger partial charge in [0.2, 0.25) is 5.95 Å². The molecule has 2 unspecified atom stereocenters. The number of piperidine rings is 1. The number of pyridine rings is 1. The number of nitrogens with one attached hydrogen (secondary N) is 3. The zero-order chi connectivity index (χ0) is 28.7. The van der Waals surface area contributed by atoms with Gasteiger partial charge < -0.3 is 25.2 Å². The van der Waals surface area contributed by atoms with E-state index in [9.17, 15) is 9.18 Å². The average molecular weight is 564 g/mol. The Labute approximate surface area is 228 Å². The average Bonchev–Trinajstić information content (AvgIpc) is 2.84. The number of hydrogen-bond donors (Lipinski definition) is 3. The highest BCUT2D eigenvalue weighted by Crippen LogP contribution is 2.31. The van der Waals surface area contributed by atoms with Crippen molar-refractivity contribution in [3.05, 3.63) is 47.8 Å². The number of fused-ring (bicyclic) bond motifs is 1. The second kappa shape index (κ2) is 13.2. The van der Waals surface area contributed by atoms with E-state index >= 15 is 4.39 Å². The largest absolute Gasteiger partial charge is 0.773 e. The van der Waals surface area contributed by atoms with Crippen LogP contribution in [0.1, 0.15) is 52.1 Å². The zero-order valence-corrected chi connectivity index (χ0v) is 23.3. The first kappa shape index (κ1) is 30.3. The van der Waals surface area contributed by atoms with Gasteiger partial charge in [-0.1, -0.05) is 11.1 Å². The van der Waals surface area contributed by atoms with E-state index in [4.69, 9.17) is 13.5 Å². The molecule has 1 fully saturated rings. The summed E-state index contributed by atoms with van der Waals surface area (Å²) < 4.78 is 53.2. The smallest absolute Gasteiger partial charge is 0.408 e. The molecule has 2 aromatic heterocycles. The molecular weight excluding hydrogens is 530 g/mol. The molecule has 13 heteroatoms. The Bertz CT molecular complexity index is 1330. The van der Waals surface area contributed by atoms with Gasteiger partial charge in [0.25, 0.3) is 0 Å². The summed E-state index contributed by atoms with van der Waals surface area (Å²) in [6, 6.07) is 4.20. The van der Waals surface area contributed by atoms with Gasteiger partial charge in [0.05, 0.1) is 12.2 Å². The van der Waals surface area contributed by atoms with E-state index < -0.39 is 40.5 Å². The molecule has 1 amide bonds. The number of carbonyl (C=O) groups excluding carboxylic acids is 1. The van der Waals surface area contributed by atoms with E-state index in [1.165, 1.54) is 12.3 Å². The first-order valence-electron chi connectivity index (χ1n) is 12.4. The summed E-state index contributed by atoms with van der Waals surface area (Å²) in [4.78, 5) is 24.8. The van der Waals surface area contributed by atoms with E-state index in [2.05, 4.69) is 30.9 Å². The lowest BCUT2D eigenvalue weighted by Gasteiger charge is -2.23. The molecule has 4 rings (SSSR count). The zero-order valence-electron chi connectivity index (χ0n) is 22.5. The molecule has 1 aliphatic rings. The van der Waals surface area contributed by atoms with E-state index in [1.54, 1.807) is 39.8 Å². The summed E-state index contributed by atoms with van der Waals surface area (Å²) in [7, 11) is 0. The van der Waals surface area contributed by atoms with Crippen molar-refractivity contribution in [2.45, 2.75) is 58.2 Å². The molecule has 1 saturated heterocycles. The van der Waals surface area contributed by atoms with Gasteiger partial charge in [0.1, 0.15) is 22.6 Å². The Morgan fingerprint density at radius 1 is 1.21 bits per heavy atom. The Morgan fingerprint density at radius 3 is 2.51 bits per heavy atom. The number of rotatable bonds is 5. The van der Waals surface area contributed by atoms with E-state index in [0.717, 1.165) is 38.4 Å². The Hall–Kier alpha value is -3.29. The minimum atomic E-state index is -1.86. The van der Waals surface area contributed by atoms with Gasteiger partial charge in [-0.2, -0.15) is 0 Å². The van der Waals surface area contributed by atoms with Crippen molar-refractivity contribution in [3.63, 3.8) is 0 Å². The van der Waals surface area contributed by atoms with Crippen LogP contribution in [0.2, 0.25) is 0 Å². The lowest BCUT2D eigenvalue weighted by atomic mass is 9.99. The highest BCUT2D eigenvalue weighted by molar-refractivity contribution is 7.78. The summed E-state index contributed by atoms with van der Waals surface area (Å²) in [6.07, 6.45) is 4.85. The number of hydrogen-bond acceptors (Lipinski definition) is 9. The second-order valence-electron chi connectivity index (χ2n) is 10.1. The van der Waals surface area contributed by atoms with Gasteiger partial charge in [0, 0.05) is 23.2 Å². The molecule has 212 valence electrons. The van der Waals surface area contributed by atoms with Gasteiger partial charge >= 0.3 is 6.09 Å². The topological polar surface area (TPSA) is 141 Å². The standard InChI is InChI=1S/C25H30F2N6O2.CH4O2S/c1-14(31-24(34)35-25(2,3)4)17-7-10-29-22-18(17)11-15(12-19(22)26)21-20(27)13-30-23(33-21)32-16-5-8-28-9-6-16;1-4(2)3/h7,10-14,16,28H,5-6,8-9H2,1-4H3,(H,31,34)(H,30,32,33);1H3,(H,2,3)/p-1. The van der Waals surface area contributed by atoms with Crippen LogP contribution in [0.4, 0.5) is 19.5 Å². The molecule has 3 heterocycles. The van der Waals surface area contributed by atoms with Crippen molar-refractivity contribution < 1.29 is 27.1 Å². The summed E-state index contributed by atoms with van der Waals surface area (Å²) in [6.45, 7) is 8.83. The summed E-state index contributed by atoms with van der Waals surface area (Å²) in [5.74, 6) is -0.986. The summed E-state index contributed by atoms with van der Waals surface area (Å²) in [5, 5.41) is 9.73. The Balaban J connectivity index is 0.000000983. The fraction of sp³-hybridized carbons (Fsp3) is 0.462. The van der Waals surface area contributed by atoms with E-state index in [0.29, 0.717) is 16.9 Å². The van der Waals surface area contributed by atoms with Gasteiger partial charge in [-0.3, -0.25) is 9.19 Å². The monoisotopic (exact) mass is 563 g/mol. The van der Waals surface area contributed by atoms with Crippen molar-refractivity contribution in [3.8, 4) is 11.3 Å². The molecule has 0 spiro atoms. The van der Waals surface area contributed by atoms with Gasteiger partial charge in [-0.05, 0) is 83.6 Å². The predicted octanol–water partition coefficient (Wildman–Crippen LogP) is 4.21. The summed E-state index contributed by atoms with van der Waals surface area (Å²) in [5.41, 5.74) is 0.311. The minimum absolute atomic E-state index is 0.0141. The molecule has 3 aromatic rings. The SMILES string of the molecule is CC(NC(=O)OC(C)(C)C)c1ccnc2c(F)cc(-c3nc(NC4CCNCC4)ncc3F)cc12.CS(=O)[O-]. The third-order valence-corrected chi connectivity index (χ3v) is 5.72. The third kappa shape index (κ3) is 8.87. The van der Waals surface area contributed by atoms with Crippen LogP contribution in [-0.2, 0) is 15.8 Å². The maximum absolute atomic E-state index is 15.1. The van der Waals surface area contributed by atoms with Crippen molar-refractivity contribution in [2.24, 2.45) is 0 Å². The van der Waals surface area contributed by atoms with Crippen molar-refractivity contribution >= 4 is 34.0 Å². The van der Waals surface area contributed by atoms with E-state index in [1.807, 2.05) is 0 Å². The molecule has 0 bridgehead atoms. The number of benzene rings is 1. The van der Waals surface area contributed by atoms with Gasteiger partial charge in [-0.15, -0.1) is 0 Å². The fourth-order valence-electron chi connectivity index (χ4n) is 4.10. The fourth-order valence-corrected chi connectivity index (χ4v) is 4.10. The van der Waals surface area contributed by atoms with Crippen molar-refractivity contribution in [1.29, 1.82) is 0 Å². The normalized spacial score (nSPS) is 15.6. The number of ether oxygens (including phenoxy) is 1. The highest BCUT2D eigenvalue weighted by Gasteiger charge is 2.22. The van der Waals surface area contributed by atoms with Crippen LogP contribution in [0.25, 0.3) is 22.2 Å². The summed E-state index contributed by atoms with van der Waals surface area (Å²) >= 11 is -1.86. The van der Waals surface area contributed by atoms with E-state index in [-0.39, 0.29) is 22.8 Å². The Morgan fingerprint density at radius 2 is 1.87 bits per heavy atom. The molecule has 1 aromatic carbocycles. The molecule has 2 atom stereocenters. The maximum Gasteiger partial charge on any atom is 0.408 e. The number of alkyl carbamates (subject to hydrolysis) is 1. The maximum atomic E-state index is 15.1. The van der Waals surface area contributed by atoms with Crippen LogP contribution in [-0.4, -0.2) is 60.8 Å². The lowest BCUT2D eigenvalue weighted by Crippen LogP contribution is -2.35. The van der Waals surface area contributed by atoms with Gasteiger partial charge in [-0.25, -0.2) is 23.5 Å². The Kier molecular flexibility index (Phi) is 10.2. The number of nitrogens with zero attached hydrogens (tertiary/aromatic N) is 3. The second-order valence-corrected chi connectivity index (χ2v) is 10.9. The number of amides is 1. The minimum Gasteiger partial charge on any atom is -0.773 e. The molecule has 0 aliphatic carbocycles. The van der Waals surface area contributed by atoms with Crippen LogP contribution in [0, 0.1) is 11.6 Å². The highest BCUT2D eigenvalue weighted by atomic mass is 32.2.